The first-order valence-electron chi connectivity index (χ1n) is 8.80. The van der Waals surface area contributed by atoms with E-state index in [-0.39, 0.29) is 19.0 Å². The normalized spacial score (nSPS) is 15.8. The van der Waals surface area contributed by atoms with Crippen LogP contribution in [0, 0.1) is 13.8 Å². The van der Waals surface area contributed by atoms with Gasteiger partial charge in [0.05, 0.1) is 13.2 Å². The molecule has 1 aromatic rings. The van der Waals surface area contributed by atoms with Crippen LogP contribution in [0.5, 0.6) is 5.75 Å². The lowest BCUT2D eigenvalue weighted by Gasteiger charge is -2.36. The van der Waals surface area contributed by atoms with Gasteiger partial charge in [-0.05, 0) is 64.4 Å². The molecule has 0 saturated carbocycles. The number of carboxylic acids is 1. The maximum Gasteiger partial charge on any atom is 0.317 e. The summed E-state index contributed by atoms with van der Waals surface area (Å²) in [4.78, 5) is 15.2. The van der Waals surface area contributed by atoms with Gasteiger partial charge in [0.2, 0.25) is 0 Å². The van der Waals surface area contributed by atoms with Gasteiger partial charge in [-0.25, -0.2) is 0 Å². The average molecular weight is 371 g/mol. The molecule has 0 atom stereocenters. The molecule has 1 aliphatic heterocycles. The number of nitrogens with zero attached hydrogens (tertiary/aromatic N) is 2. The highest BCUT2D eigenvalue weighted by molar-refractivity contribution is 5.85. The molecule has 1 saturated heterocycles. The molecule has 1 N–H and O–H groups in total. The summed E-state index contributed by atoms with van der Waals surface area (Å²) >= 11 is 0. The van der Waals surface area contributed by atoms with Gasteiger partial charge < -0.3 is 14.7 Å². The summed E-state index contributed by atoms with van der Waals surface area (Å²) in [5.74, 6) is 0.273. The Bertz CT molecular complexity index is 525. The topological polar surface area (TPSA) is 53.0 Å². The Morgan fingerprint density at radius 3 is 2.44 bits per heavy atom. The summed E-state index contributed by atoms with van der Waals surface area (Å²) in [5, 5.41) is 8.88. The summed E-state index contributed by atoms with van der Waals surface area (Å²) < 4.78 is 5.96. The number of rotatable bonds is 8. The number of ether oxygens (including phenoxy) is 1. The maximum atomic E-state index is 10.8. The first-order chi connectivity index (χ1) is 11.5. The number of likely N-dealkylation sites (tertiary alicyclic amines) is 1. The number of carbonyl (C=O) groups is 1. The predicted octanol–water partition coefficient (Wildman–Crippen LogP) is 2.97. The second-order valence-corrected chi connectivity index (χ2v) is 6.80. The van der Waals surface area contributed by atoms with Crippen LogP contribution in [0.25, 0.3) is 0 Å². The van der Waals surface area contributed by atoms with E-state index in [2.05, 4.69) is 36.9 Å². The fourth-order valence-electron chi connectivity index (χ4n) is 3.42. The highest BCUT2D eigenvalue weighted by atomic mass is 35.5. The van der Waals surface area contributed by atoms with Crippen LogP contribution >= 0.6 is 12.4 Å². The van der Waals surface area contributed by atoms with Crippen molar-refractivity contribution in [2.24, 2.45) is 0 Å². The van der Waals surface area contributed by atoms with E-state index in [9.17, 15) is 4.79 Å². The zero-order valence-electron chi connectivity index (χ0n) is 15.5. The lowest BCUT2D eigenvalue weighted by molar-refractivity contribution is -0.138. The average Bonchev–Trinajstić information content (AvgIpc) is 2.53. The minimum absolute atomic E-state index is 0. The molecule has 0 amide bonds. The van der Waals surface area contributed by atoms with Crippen LogP contribution in [0.3, 0.4) is 0 Å². The van der Waals surface area contributed by atoms with Gasteiger partial charge in [0.1, 0.15) is 5.75 Å². The Balaban J connectivity index is 0.00000312. The number of para-hydroxylation sites is 1. The number of likely N-dealkylation sites (N-methyl/N-ethyl adjacent to an activating group) is 1. The molecule has 6 heteroatoms. The van der Waals surface area contributed by atoms with Gasteiger partial charge in [-0.15, -0.1) is 12.4 Å². The highest BCUT2D eigenvalue weighted by Crippen LogP contribution is 2.22. The van der Waals surface area contributed by atoms with Crippen molar-refractivity contribution < 1.29 is 14.6 Å². The number of carboxylic acid groups (broad SMARTS) is 1. The van der Waals surface area contributed by atoms with Crippen molar-refractivity contribution in [3.8, 4) is 5.75 Å². The van der Waals surface area contributed by atoms with Gasteiger partial charge in [0.15, 0.2) is 0 Å². The minimum Gasteiger partial charge on any atom is -0.493 e. The molecule has 0 spiro atoms. The minimum atomic E-state index is -0.747. The van der Waals surface area contributed by atoms with E-state index >= 15 is 0 Å². The monoisotopic (exact) mass is 370 g/mol. The molecule has 1 heterocycles. The van der Waals surface area contributed by atoms with Crippen molar-refractivity contribution in [1.82, 2.24) is 9.80 Å². The Kier molecular flexibility index (Phi) is 9.25. The molecule has 25 heavy (non-hydrogen) atoms. The molecule has 0 radical (unpaired) electrons. The zero-order chi connectivity index (χ0) is 17.5. The quantitative estimate of drug-likeness (QED) is 0.713. The molecule has 5 nitrogen and oxygen atoms in total. The van der Waals surface area contributed by atoms with Crippen LogP contribution in [0.2, 0.25) is 0 Å². The third-order valence-corrected chi connectivity index (χ3v) is 4.84. The molecule has 0 bridgehead atoms. The van der Waals surface area contributed by atoms with Crippen LogP contribution in [0.4, 0.5) is 0 Å². The van der Waals surface area contributed by atoms with E-state index in [1.165, 1.54) is 11.1 Å². The second kappa shape index (κ2) is 10.6. The molecule has 0 aromatic heterocycles. The third kappa shape index (κ3) is 6.84. The van der Waals surface area contributed by atoms with Crippen molar-refractivity contribution in [1.29, 1.82) is 0 Å². The summed E-state index contributed by atoms with van der Waals surface area (Å²) in [5.41, 5.74) is 2.38. The van der Waals surface area contributed by atoms with Gasteiger partial charge in [0, 0.05) is 12.6 Å². The zero-order valence-corrected chi connectivity index (χ0v) is 16.3. The van der Waals surface area contributed by atoms with Crippen LogP contribution in [0.1, 0.15) is 30.4 Å². The molecule has 0 unspecified atom stereocenters. The highest BCUT2D eigenvalue weighted by Gasteiger charge is 2.23. The van der Waals surface area contributed by atoms with E-state index in [0.717, 1.165) is 51.3 Å². The van der Waals surface area contributed by atoms with E-state index < -0.39 is 5.97 Å². The Morgan fingerprint density at radius 2 is 1.88 bits per heavy atom. The van der Waals surface area contributed by atoms with E-state index in [0.29, 0.717) is 6.04 Å². The summed E-state index contributed by atoms with van der Waals surface area (Å²) in [6, 6.07) is 6.62. The van der Waals surface area contributed by atoms with Crippen LogP contribution < -0.4 is 4.74 Å². The fourth-order valence-corrected chi connectivity index (χ4v) is 3.42. The van der Waals surface area contributed by atoms with E-state index in [4.69, 9.17) is 9.84 Å². The molecule has 0 aliphatic carbocycles. The van der Waals surface area contributed by atoms with Crippen molar-refractivity contribution >= 4 is 18.4 Å². The summed E-state index contributed by atoms with van der Waals surface area (Å²) in [6.07, 6.45) is 3.10. The SMILES string of the molecule is Cc1cccc(C)c1OCCCN1CCC(N(C)CC(=O)O)CC1.Cl. The van der Waals surface area contributed by atoms with Crippen LogP contribution in [-0.2, 0) is 4.79 Å². The first kappa shape index (κ1) is 21.7. The summed E-state index contributed by atoms with van der Waals surface area (Å²) in [6.45, 7) is 8.16. The van der Waals surface area contributed by atoms with Gasteiger partial charge in [-0.3, -0.25) is 9.69 Å². The van der Waals surface area contributed by atoms with Crippen molar-refractivity contribution in [3.05, 3.63) is 29.3 Å². The number of piperidine rings is 1. The number of hydrogen-bond acceptors (Lipinski definition) is 4. The Labute approximate surface area is 157 Å². The fraction of sp³-hybridized carbons (Fsp3) is 0.632. The summed E-state index contributed by atoms with van der Waals surface area (Å²) in [7, 11) is 1.91. The van der Waals surface area contributed by atoms with E-state index in [1.54, 1.807) is 0 Å². The third-order valence-electron chi connectivity index (χ3n) is 4.84. The predicted molar refractivity (Wildman–Crippen MR) is 103 cm³/mol. The van der Waals surface area contributed by atoms with Gasteiger partial charge in [0.25, 0.3) is 0 Å². The van der Waals surface area contributed by atoms with Crippen molar-refractivity contribution in [2.45, 2.75) is 39.2 Å². The lowest BCUT2D eigenvalue weighted by Crippen LogP contribution is -2.45. The Hall–Kier alpha value is -1.30. The number of aliphatic carboxylic acids is 1. The molecular weight excluding hydrogens is 340 g/mol. The van der Waals surface area contributed by atoms with Gasteiger partial charge >= 0.3 is 5.97 Å². The number of benzene rings is 1. The van der Waals surface area contributed by atoms with Crippen LogP contribution in [0.15, 0.2) is 18.2 Å². The Morgan fingerprint density at radius 1 is 1.28 bits per heavy atom. The molecule has 1 aliphatic rings. The van der Waals surface area contributed by atoms with E-state index in [1.807, 2.05) is 11.9 Å². The van der Waals surface area contributed by atoms with Gasteiger partial charge in [-0.2, -0.15) is 0 Å². The number of aryl methyl sites for hydroxylation is 2. The smallest absolute Gasteiger partial charge is 0.317 e. The van der Waals surface area contributed by atoms with Gasteiger partial charge in [-0.1, -0.05) is 18.2 Å². The molecule has 1 aromatic carbocycles. The largest absolute Gasteiger partial charge is 0.493 e. The lowest BCUT2D eigenvalue weighted by atomic mass is 10.0. The number of halogens is 1. The second-order valence-electron chi connectivity index (χ2n) is 6.80. The standard InChI is InChI=1S/C19H30N2O3.ClH/c1-15-6-4-7-16(2)19(15)24-13-5-10-21-11-8-17(9-12-21)20(3)14-18(22)23;/h4,6-7,17H,5,8-14H2,1-3H3,(H,22,23);1H. The van der Waals surface area contributed by atoms with Crippen LogP contribution in [-0.4, -0.2) is 66.8 Å². The molecule has 2 rings (SSSR count). The first-order valence-corrected chi connectivity index (χ1v) is 8.80. The van der Waals surface area contributed by atoms with Crippen molar-refractivity contribution in [2.75, 3.05) is 39.8 Å². The number of hydrogen-bond donors (Lipinski definition) is 1. The molecule has 1 fully saturated rings. The van der Waals surface area contributed by atoms with Crippen molar-refractivity contribution in [3.63, 3.8) is 0 Å². The molecular formula is C19H31ClN2O3. The maximum absolute atomic E-state index is 10.8. The molecule has 142 valence electrons.